The number of rotatable bonds is 5. The predicted octanol–water partition coefficient (Wildman–Crippen LogP) is 5.43. The number of hydrogen-bond acceptors (Lipinski definition) is 7. The number of hydrogen-bond donors (Lipinski definition) is 1. The molecule has 8 heteroatoms. The van der Waals surface area contributed by atoms with E-state index in [0.29, 0.717) is 33.5 Å². The summed E-state index contributed by atoms with van der Waals surface area (Å²) in [6, 6.07) is 14.8. The predicted molar refractivity (Wildman–Crippen MR) is 129 cm³/mol. The highest BCUT2D eigenvalue weighted by molar-refractivity contribution is 7.14. The van der Waals surface area contributed by atoms with E-state index in [2.05, 4.69) is 5.32 Å². The lowest BCUT2D eigenvalue weighted by atomic mass is 9.86. The SMILES string of the molecule is N#Cc1ccsc1NC(=O)COC(=O)c1c2c(nc3ccccc13)/C(=C/c1ccco1)CCC2. The summed E-state index contributed by atoms with van der Waals surface area (Å²) >= 11 is 1.24. The van der Waals surface area contributed by atoms with Gasteiger partial charge in [0.25, 0.3) is 5.91 Å². The number of nitrogens with zero attached hydrogens (tertiary/aromatic N) is 2. The zero-order chi connectivity index (χ0) is 23.5. The number of benzene rings is 1. The van der Waals surface area contributed by atoms with Crippen LogP contribution in [0.4, 0.5) is 5.00 Å². The lowest BCUT2D eigenvalue weighted by Gasteiger charge is -2.22. The van der Waals surface area contributed by atoms with Crippen LogP contribution in [0, 0.1) is 11.3 Å². The topological polar surface area (TPSA) is 105 Å². The summed E-state index contributed by atoms with van der Waals surface area (Å²) in [4.78, 5) is 30.5. The van der Waals surface area contributed by atoms with E-state index < -0.39 is 18.5 Å². The van der Waals surface area contributed by atoms with Crippen LogP contribution < -0.4 is 5.32 Å². The van der Waals surface area contributed by atoms with Gasteiger partial charge in [0.1, 0.15) is 16.8 Å². The first kappa shape index (κ1) is 21.6. The van der Waals surface area contributed by atoms with Crippen molar-refractivity contribution in [3.05, 3.63) is 82.3 Å². The minimum Gasteiger partial charge on any atom is -0.465 e. The van der Waals surface area contributed by atoms with E-state index in [1.165, 1.54) is 11.3 Å². The Kier molecular flexibility index (Phi) is 5.93. The van der Waals surface area contributed by atoms with E-state index in [0.717, 1.165) is 35.4 Å². The maximum absolute atomic E-state index is 13.3. The Balaban J connectivity index is 1.46. The molecule has 0 fully saturated rings. The molecular weight excluding hydrogens is 450 g/mol. The standard InChI is InChI=1S/C26H19N3O4S/c27-14-17-10-12-34-25(17)29-22(30)15-33-26(31)23-19-7-1-2-9-21(19)28-24-16(5-3-8-20(23)24)13-18-6-4-11-32-18/h1-2,4,6-7,9-13H,3,5,8,15H2,(H,29,30)/b16-13+. The summed E-state index contributed by atoms with van der Waals surface area (Å²) in [7, 11) is 0. The van der Waals surface area contributed by atoms with Crippen molar-refractivity contribution in [2.75, 3.05) is 11.9 Å². The van der Waals surface area contributed by atoms with E-state index in [-0.39, 0.29) is 0 Å². The van der Waals surface area contributed by atoms with Gasteiger partial charge in [-0.05, 0) is 66.1 Å². The van der Waals surface area contributed by atoms with Gasteiger partial charge < -0.3 is 14.5 Å². The Morgan fingerprint density at radius 2 is 2.09 bits per heavy atom. The van der Waals surface area contributed by atoms with Gasteiger partial charge in [-0.2, -0.15) is 5.26 Å². The normalized spacial score (nSPS) is 13.9. The average molecular weight is 470 g/mol. The number of ether oxygens (including phenoxy) is 1. The van der Waals surface area contributed by atoms with Crippen LogP contribution in [0.2, 0.25) is 0 Å². The van der Waals surface area contributed by atoms with E-state index in [9.17, 15) is 9.59 Å². The van der Waals surface area contributed by atoms with Gasteiger partial charge in [-0.3, -0.25) is 4.79 Å². The number of para-hydroxylation sites is 1. The molecule has 0 saturated heterocycles. The lowest BCUT2D eigenvalue weighted by Crippen LogP contribution is -2.22. The van der Waals surface area contributed by atoms with Gasteiger partial charge in [0.15, 0.2) is 6.61 Å². The molecule has 4 aromatic rings. The number of carbonyl (C=O) groups is 2. The van der Waals surface area contributed by atoms with Crippen LogP contribution in [0.1, 0.15) is 45.8 Å². The molecule has 3 aromatic heterocycles. The number of furan rings is 1. The lowest BCUT2D eigenvalue weighted by molar-refractivity contribution is -0.119. The molecule has 34 heavy (non-hydrogen) atoms. The first-order valence-corrected chi connectivity index (χ1v) is 11.6. The third-order valence-electron chi connectivity index (χ3n) is 5.61. The van der Waals surface area contributed by atoms with Crippen LogP contribution in [0.25, 0.3) is 22.6 Å². The first-order chi connectivity index (χ1) is 16.6. The van der Waals surface area contributed by atoms with Crippen molar-refractivity contribution in [2.45, 2.75) is 19.3 Å². The number of carbonyl (C=O) groups excluding carboxylic acids is 2. The molecule has 0 bridgehead atoms. The largest absolute Gasteiger partial charge is 0.465 e. The number of aromatic nitrogens is 1. The fourth-order valence-electron chi connectivity index (χ4n) is 4.11. The Bertz CT molecular complexity index is 1460. The number of fused-ring (bicyclic) bond motifs is 2. The van der Waals surface area contributed by atoms with Crippen LogP contribution in [0.15, 0.2) is 58.5 Å². The van der Waals surface area contributed by atoms with Gasteiger partial charge in [0.05, 0.1) is 28.6 Å². The molecule has 7 nitrogen and oxygen atoms in total. The highest BCUT2D eigenvalue weighted by atomic mass is 32.1. The van der Waals surface area contributed by atoms with Crippen molar-refractivity contribution in [1.29, 1.82) is 5.26 Å². The van der Waals surface area contributed by atoms with Crippen molar-refractivity contribution in [1.82, 2.24) is 4.98 Å². The highest BCUT2D eigenvalue weighted by Gasteiger charge is 2.26. The molecule has 0 atom stereocenters. The molecule has 0 aliphatic heterocycles. The zero-order valence-electron chi connectivity index (χ0n) is 18.0. The van der Waals surface area contributed by atoms with Crippen molar-refractivity contribution in [3.63, 3.8) is 0 Å². The molecule has 1 amide bonds. The summed E-state index contributed by atoms with van der Waals surface area (Å²) in [5.74, 6) is -0.349. The van der Waals surface area contributed by atoms with Gasteiger partial charge in [-0.15, -0.1) is 11.3 Å². The minimum atomic E-state index is -0.573. The van der Waals surface area contributed by atoms with E-state index in [1.54, 1.807) is 17.7 Å². The number of allylic oxidation sites excluding steroid dienone is 1. The molecule has 1 N–H and O–H groups in total. The van der Waals surface area contributed by atoms with Crippen LogP contribution >= 0.6 is 11.3 Å². The Morgan fingerprint density at radius 1 is 1.21 bits per heavy atom. The van der Waals surface area contributed by atoms with Gasteiger partial charge in [0, 0.05) is 5.39 Å². The number of thiophene rings is 1. The van der Waals surface area contributed by atoms with Crippen LogP contribution in [-0.4, -0.2) is 23.5 Å². The molecule has 3 heterocycles. The van der Waals surface area contributed by atoms with Crippen LogP contribution in [-0.2, 0) is 16.0 Å². The average Bonchev–Trinajstić information content (AvgIpc) is 3.53. The number of esters is 1. The fourth-order valence-corrected chi connectivity index (χ4v) is 4.87. The van der Waals surface area contributed by atoms with Crippen molar-refractivity contribution in [2.24, 2.45) is 0 Å². The first-order valence-electron chi connectivity index (χ1n) is 10.7. The number of pyridine rings is 1. The molecule has 5 rings (SSSR count). The quantitative estimate of drug-likeness (QED) is 0.391. The van der Waals surface area contributed by atoms with E-state index in [4.69, 9.17) is 19.4 Å². The second-order valence-electron chi connectivity index (χ2n) is 7.77. The third kappa shape index (κ3) is 4.21. The molecule has 1 aliphatic rings. The molecular formula is C26H19N3O4S. The van der Waals surface area contributed by atoms with Crippen LogP contribution in [0.5, 0.6) is 0 Å². The Hall–Kier alpha value is -4.22. The summed E-state index contributed by atoms with van der Waals surface area (Å²) in [5.41, 5.74) is 4.06. The number of nitriles is 1. The summed E-state index contributed by atoms with van der Waals surface area (Å²) in [6.45, 7) is -0.456. The number of amides is 1. The minimum absolute atomic E-state index is 0.370. The Morgan fingerprint density at radius 3 is 2.91 bits per heavy atom. The molecule has 0 unspecified atom stereocenters. The zero-order valence-corrected chi connectivity index (χ0v) is 18.9. The molecule has 1 aromatic carbocycles. The second-order valence-corrected chi connectivity index (χ2v) is 8.69. The third-order valence-corrected chi connectivity index (χ3v) is 6.44. The molecule has 0 spiro atoms. The fraction of sp³-hybridized carbons (Fsp3) is 0.154. The number of anilines is 1. The molecule has 0 saturated carbocycles. The Labute approximate surface area is 199 Å². The molecule has 168 valence electrons. The molecule has 1 aliphatic carbocycles. The monoisotopic (exact) mass is 469 g/mol. The van der Waals surface area contributed by atoms with Crippen LogP contribution in [0.3, 0.4) is 0 Å². The number of nitrogens with one attached hydrogen (secondary N) is 1. The summed E-state index contributed by atoms with van der Waals surface area (Å²) in [6.07, 6.45) is 5.93. The van der Waals surface area contributed by atoms with Gasteiger partial charge >= 0.3 is 5.97 Å². The second kappa shape index (κ2) is 9.33. The van der Waals surface area contributed by atoms with Gasteiger partial charge in [0.2, 0.25) is 0 Å². The highest BCUT2D eigenvalue weighted by Crippen LogP contribution is 2.36. The summed E-state index contributed by atoms with van der Waals surface area (Å²) < 4.78 is 10.9. The van der Waals surface area contributed by atoms with E-state index in [1.807, 2.05) is 48.5 Å². The molecule has 0 radical (unpaired) electrons. The van der Waals surface area contributed by atoms with Gasteiger partial charge in [-0.25, -0.2) is 9.78 Å². The summed E-state index contributed by atoms with van der Waals surface area (Å²) in [5, 5.41) is 14.6. The van der Waals surface area contributed by atoms with E-state index >= 15 is 0 Å². The van der Waals surface area contributed by atoms with Gasteiger partial charge in [-0.1, -0.05) is 18.2 Å². The van der Waals surface area contributed by atoms with Crippen molar-refractivity contribution >= 4 is 50.8 Å². The van der Waals surface area contributed by atoms with Crippen molar-refractivity contribution in [3.8, 4) is 6.07 Å². The maximum atomic E-state index is 13.3. The smallest absolute Gasteiger partial charge is 0.339 e. The van der Waals surface area contributed by atoms with Crippen molar-refractivity contribution < 1.29 is 18.7 Å². The maximum Gasteiger partial charge on any atom is 0.339 e.